The molecule has 16 nitrogen and oxygen atoms in total. The summed E-state index contributed by atoms with van der Waals surface area (Å²) in [6.07, 6.45) is 1.92. The van der Waals surface area contributed by atoms with Gasteiger partial charge < -0.3 is 20.4 Å². The van der Waals surface area contributed by atoms with Gasteiger partial charge in [-0.1, -0.05) is 243 Å². The zero-order valence-electron chi connectivity index (χ0n) is 81.0. The van der Waals surface area contributed by atoms with Crippen LogP contribution in [0, 0.1) is 117 Å². The molecule has 664 valence electrons. The van der Waals surface area contributed by atoms with Crippen molar-refractivity contribution in [2.75, 3.05) is 10.2 Å². The Morgan fingerprint density at radius 2 is 0.518 bits per heavy atom. The van der Waals surface area contributed by atoms with Crippen LogP contribution < -0.4 is 71.8 Å². The van der Waals surface area contributed by atoms with Crippen LogP contribution in [-0.2, 0) is 22.1 Å². The Bertz CT molecular complexity index is 7110. The van der Waals surface area contributed by atoms with E-state index in [1.165, 1.54) is 203 Å². The van der Waals surface area contributed by atoms with Gasteiger partial charge in [0.2, 0.25) is 0 Å². The molecule has 18 aromatic rings. The molecule has 1 unspecified atom stereocenters. The van der Waals surface area contributed by atoms with E-state index in [-0.39, 0.29) is 62.8 Å². The summed E-state index contributed by atoms with van der Waals surface area (Å²) < 4.78 is 26.9. The number of anilines is 5. The second kappa shape index (κ2) is 45.3. The second-order valence-electron chi connectivity index (χ2n) is 34.4. The van der Waals surface area contributed by atoms with Crippen molar-refractivity contribution in [2.45, 2.75) is 124 Å². The second-order valence-corrected chi connectivity index (χ2v) is 35.0. The fourth-order valence-electron chi connectivity index (χ4n) is 18.1. The third kappa shape index (κ3) is 21.7. The molecule has 1 N–H and O–H groups in total. The minimum atomic E-state index is -3.15. The summed E-state index contributed by atoms with van der Waals surface area (Å²) in [5.41, 5.74) is 46.9. The van der Waals surface area contributed by atoms with Gasteiger partial charge in [0.05, 0.1) is 45.4 Å². The molecule has 0 saturated heterocycles. The number of rotatable bonds is 14. The van der Waals surface area contributed by atoms with Gasteiger partial charge in [-0.05, 0) is 275 Å². The summed E-state index contributed by atoms with van der Waals surface area (Å²) >= 11 is 2.50. The molecule has 21 heteroatoms. The predicted molar refractivity (Wildman–Crippen MR) is 548 cm³/mol. The first kappa shape index (κ1) is 101. The van der Waals surface area contributed by atoms with Crippen LogP contribution in [0.2, 0.25) is 0 Å². The van der Waals surface area contributed by atoms with E-state index < -0.39 is 14.1 Å². The molecular weight excluding hydrogens is 1790 g/mol. The molecule has 0 amide bonds. The van der Waals surface area contributed by atoms with E-state index in [4.69, 9.17) is 64.6 Å². The first-order valence-corrected chi connectivity index (χ1v) is 63.0. The fourth-order valence-corrected chi connectivity index (χ4v) is 18.1. The van der Waals surface area contributed by atoms with Crippen molar-refractivity contribution in [2.24, 2.45) is 0 Å². The van der Waals surface area contributed by atoms with Crippen LogP contribution in [0.25, 0.3) is 136 Å². The number of nitrogens with one attached hydrogen (secondary N) is 1. The Morgan fingerprint density at radius 3 is 0.810 bits per heavy atom. The SMILES string of the molecule is Cc1c(C)c(C)c2c(c1C)Cc1c(C)c(C)c(C)c(C)c1N2.Cc1c(C)c(C)c2c(c1C)Cc1c(C)c(C)c(C)c(C)c1N2c1ccc(-c2nc(-c3ccccc3)nc(-c3ccccc3)n2)cc1-c1nc(-c2ccccc2)cc(-c2ccccc2)n1.Fc1ccc(-c2nc(-c3ccccc3)nc(-c3ccccc3)n2)cc1-c1nc(-c2ccccc2)cc(-c2ccccc2)n1.O=[P+]([O-])O[O-].[K+].[K][K]. The predicted octanol–water partition coefficient (Wildman–Crippen LogP) is 23.6. The summed E-state index contributed by atoms with van der Waals surface area (Å²) in [5, 5.41) is 12.3. The van der Waals surface area contributed by atoms with Gasteiger partial charge >= 0.3 is 123 Å². The number of aromatic nitrogens is 10. The Hall–Kier alpha value is -10.3. The van der Waals surface area contributed by atoms with Gasteiger partial charge in [0.15, 0.2) is 46.6 Å². The maximum atomic E-state index is 15.6. The molecule has 1 atom stereocenters. The van der Waals surface area contributed by atoms with E-state index in [1.54, 1.807) is 12.1 Å². The van der Waals surface area contributed by atoms with Gasteiger partial charge in [-0.15, -0.1) is 0 Å². The van der Waals surface area contributed by atoms with Crippen molar-refractivity contribution in [3.8, 4) is 136 Å². The number of halogens is 1. The molecule has 0 spiro atoms. The van der Waals surface area contributed by atoms with Crippen LogP contribution in [0.5, 0.6) is 0 Å². The van der Waals surface area contributed by atoms with Gasteiger partial charge in [-0.3, -0.25) is 0 Å². The van der Waals surface area contributed by atoms with E-state index in [2.05, 4.69) is 198 Å². The molecule has 4 aromatic heterocycles. The Kier molecular flexibility index (Phi) is 33.4. The third-order valence-electron chi connectivity index (χ3n) is 27.0. The quantitative estimate of drug-likeness (QED) is 0.0463. The van der Waals surface area contributed by atoms with Gasteiger partial charge in [0.25, 0.3) is 0 Å². The van der Waals surface area contributed by atoms with E-state index in [9.17, 15) is 0 Å². The number of fused-ring (bicyclic) bond motifs is 4. The summed E-state index contributed by atoms with van der Waals surface area (Å²) in [4.78, 5) is 61.8. The van der Waals surface area contributed by atoms with Gasteiger partial charge in [-0.2, -0.15) is 0 Å². The summed E-state index contributed by atoms with van der Waals surface area (Å²) in [5.74, 6) is 3.73. The van der Waals surface area contributed by atoms with E-state index >= 15 is 4.39 Å². The van der Waals surface area contributed by atoms with Crippen LogP contribution in [0.4, 0.5) is 32.8 Å². The van der Waals surface area contributed by atoms with Gasteiger partial charge in [-0.25, -0.2) is 58.9 Å². The van der Waals surface area contributed by atoms with E-state index in [0.29, 0.717) is 57.7 Å². The zero-order chi connectivity index (χ0) is 95.9. The third-order valence-corrected chi connectivity index (χ3v) is 27.1. The van der Waals surface area contributed by atoms with E-state index in [1.807, 2.05) is 200 Å². The zero-order valence-corrected chi connectivity index (χ0v) is 91.3. The average molecular weight is 1890 g/mol. The first-order chi connectivity index (χ1) is 65.8. The van der Waals surface area contributed by atoms with Crippen LogP contribution in [0.1, 0.15) is 111 Å². The van der Waals surface area contributed by atoms with Crippen molar-refractivity contribution in [1.82, 2.24) is 49.8 Å². The molecule has 20 rings (SSSR count). The van der Waals surface area contributed by atoms with Crippen molar-refractivity contribution in [3.63, 3.8) is 0 Å². The molecule has 2 aliphatic rings. The molecular formula is C116H101FK3N12O4P. The molecule has 2 aliphatic heterocycles. The summed E-state index contributed by atoms with van der Waals surface area (Å²) in [6, 6.07) is 95.7. The van der Waals surface area contributed by atoms with E-state index in [0.717, 1.165) is 85.6 Å². The molecule has 0 aliphatic carbocycles. The Labute approximate surface area is 890 Å². The molecule has 0 saturated carbocycles. The van der Waals surface area contributed by atoms with Gasteiger partial charge in [0.1, 0.15) is 5.82 Å². The van der Waals surface area contributed by atoms with Crippen LogP contribution in [-0.4, -0.2) is 113 Å². The number of nitrogens with zero attached hydrogens (tertiary/aromatic N) is 11. The topological polar surface area (TPSA) is 217 Å². The first-order valence-electron chi connectivity index (χ1n) is 45.9. The number of hydrogen-bond donors (Lipinski definition) is 1. The van der Waals surface area contributed by atoms with Crippen molar-refractivity contribution >= 4 is 99.8 Å². The monoisotopic (exact) mass is 1890 g/mol. The summed E-state index contributed by atoms with van der Waals surface area (Å²) in [7, 11) is -3.15. The molecule has 6 heterocycles. The average Bonchev–Trinajstić information content (AvgIpc) is 0.709. The summed E-state index contributed by atoms with van der Waals surface area (Å²) in [6.45, 7) is 36.3. The van der Waals surface area contributed by atoms with Crippen molar-refractivity contribution in [3.05, 3.63) is 408 Å². The van der Waals surface area contributed by atoms with Crippen LogP contribution >= 0.6 is 8.25 Å². The fraction of sp³-hybridized carbons (Fsp3) is 0.155. The minimum absolute atomic E-state index is 0. The number of benzene rings is 14. The van der Waals surface area contributed by atoms with Crippen molar-refractivity contribution < 1.29 is 75.2 Å². The molecule has 0 bridgehead atoms. The normalized spacial score (nSPS) is 11.5. The Morgan fingerprint density at radius 1 is 0.285 bits per heavy atom. The van der Waals surface area contributed by atoms with Gasteiger partial charge in [0, 0.05) is 85.4 Å². The standard InChI is InChI=1S/C58H50N6.C37H24FN5.C21H27N.3K.HO4P/c1-34-36(3)40(7)53-47(38(34)5)32-48-39(6)35(2)37(4)41(8)54(48)64(53)52-30-29-46(57-62-55(44-25-17-11-18-26-44)61-56(63-57)45-27-19-12-20-28-45)31-49(52)58-59-50(42-21-13-9-14-22-42)33-51(60-58)43-23-15-10-16-24-43;38-31-22-21-29(36-42-34(27-17-9-3-10-18-27)41-35(43-36)28-19-11-4-12-20-28)23-30(31)37-39-32(25-13-5-1-6-14-25)24-33(40-37)26-15-7-2-8-16-26;1-10-12(3)16(7)20-18(14(10)5)9-19-15(6)11(2)13(4)17(8)21(19)22-20;;;;1-4-5(2)3/h9-31,33H,32H2,1-8H3;1-24H;22H,9H2,1-8H3;;;;1H/q;;;;;+1;/p-1. The number of hydrogen-bond acceptors (Lipinski definition) is 16. The molecule has 0 fully saturated rings. The molecule has 0 radical (unpaired) electrons. The Balaban J connectivity index is 0.000000167. The van der Waals surface area contributed by atoms with Crippen LogP contribution in [0.3, 0.4) is 0 Å². The molecule has 14 aromatic carbocycles. The van der Waals surface area contributed by atoms with Crippen molar-refractivity contribution in [1.29, 1.82) is 0 Å². The maximum absolute atomic E-state index is 15.6. The molecule has 137 heavy (non-hydrogen) atoms. The van der Waals surface area contributed by atoms with Crippen LogP contribution in [0.15, 0.2) is 291 Å².